The number of hydrogen-bond donors (Lipinski definition) is 1. The van der Waals surface area contributed by atoms with Crippen molar-refractivity contribution >= 4 is 32.6 Å². The van der Waals surface area contributed by atoms with Crippen molar-refractivity contribution in [3.05, 3.63) is 47.8 Å². The third-order valence-corrected chi connectivity index (χ3v) is 6.06. The van der Waals surface area contributed by atoms with Gasteiger partial charge in [0.15, 0.2) is 10.6 Å². The lowest BCUT2D eigenvalue weighted by molar-refractivity contribution is 0.299. The fourth-order valence-electron chi connectivity index (χ4n) is 2.31. The number of aromatic nitrogens is 3. The van der Waals surface area contributed by atoms with Crippen molar-refractivity contribution in [2.45, 2.75) is 30.2 Å². The maximum absolute atomic E-state index is 12.7. The number of nitrogens with one attached hydrogen (secondary N) is 1. The number of aromatic amines is 1. The molecule has 6 nitrogen and oxygen atoms in total. The number of nitrogens with zero attached hydrogens (tertiary/aromatic N) is 2. The normalized spacial score (nSPS) is 15.0. The Morgan fingerprint density at radius 3 is 2.72 bits per heavy atom. The smallest absolute Gasteiger partial charge is 0.197 e. The highest BCUT2D eigenvalue weighted by atomic mass is 32.2. The Morgan fingerprint density at radius 2 is 2.00 bits per heavy atom. The van der Waals surface area contributed by atoms with Gasteiger partial charge in [0.1, 0.15) is 5.75 Å². The Morgan fingerprint density at radius 1 is 1.24 bits per heavy atom. The second-order valence-corrected chi connectivity index (χ2v) is 8.64. The van der Waals surface area contributed by atoms with Crippen molar-refractivity contribution in [2.24, 2.45) is 0 Å². The lowest BCUT2D eigenvalue weighted by atomic mass is 10.2. The fourth-order valence-corrected chi connectivity index (χ4v) is 3.65. The number of hydrogen-bond acceptors (Lipinski definition) is 5. The average Bonchev–Trinajstić information content (AvgIpc) is 3.02. The van der Waals surface area contributed by atoms with Crippen molar-refractivity contribution in [2.75, 3.05) is 6.26 Å². The van der Waals surface area contributed by atoms with Gasteiger partial charge in [0.25, 0.3) is 0 Å². The summed E-state index contributed by atoms with van der Waals surface area (Å²) < 4.78 is 29.9. The summed E-state index contributed by atoms with van der Waals surface area (Å²) in [4.78, 5) is 11.8. The van der Waals surface area contributed by atoms with E-state index >= 15 is 0 Å². The summed E-state index contributed by atoms with van der Waals surface area (Å²) in [6.07, 6.45) is 3.21. The lowest BCUT2D eigenvalue weighted by Gasteiger charge is -2.15. The van der Waals surface area contributed by atoms with E-state index in [9.17, 15) is 8.42 Å². The summed E-state index contributed by atoms with van der Waals surface area (Å²) in [5, 5.41) is 0.428. The summed E-state index contributed by atoms with van der Waals surface area (Å²) in [6, 6.07) is 9.29. The Labute approximate surface area is 151 Å². The van der Waals surface area contributed by atoms with E-state index in [1.807, 2.05) is 31.2 Å². The molecule has 3 rings (SSSR count). The van der Waals surface area contributed by atoms with E-state index in [0.29, 0.717) is 16.6 Å². The molecular formula is C17H19N3O3S2. The second-order valence-electron chi connectivity index (χ2n) is 5.61. The van der Waals surface area contributed by atoms with Crippen LogP contribution in [0.25, 0.3) is 11.0 Å². The van der Waals surface area contributed by atoms with Gasteiger partial charge in [-0.05, 0) is 32.0 Å². The van der Waals surface area contributed by atoms with Crippen molar-refractivity contribution in [1.29, 1.82) is 0 Å². The third-order valence-electron chi connectivity index (χ3n) is 3.87. The molecular weight excluding hydrogens is 358 g/mol. The van der Waals surface area contributed by atoms with Gasteiger partial charge in [0, 0.05) is 18.0 Å². The van der Waals surface area contributed by atoms with Crippen LogP contribution in [0.15, 0.2) is 41.7 Å². The van der Waals surface area contributed by atoms with Crippen LogP contribution in [-0.2, 0) is 27.4 Å². The molecule has 0 aliphatic rings. The van der Waals surface area contributed by atoms with Gasteiger partial charge in [-0.2, -0.15) is 0 Å². The highest BCUT2D eigenvalue weighted by Crippen LogP contribution is 2.23. The molecule has 0 saturated heterocycles. The van der Waals surface area contributed by atoms with E-state index in [1.54, 1.807) is 25.4 Å². The summed E-state index contributed by atoms with van der Waals surface area (Å²) in [5.74, 6) is 0.834. The molecule has 0 bridgehead atoms. The molecule has 0 spiro atoms. The van der Waals surface area contributed by atoms with Gasteiger partial charge in [0.05, 0.1) is 44.1 Å². The van der Waals surface area contributed by atoms with Gasteiger partial charge < -0.3 is 9.72 Å². The number of pyridine rings is 1. The van der Waals surface area contributed by atoms with Crippen LogP contribution < -0.4 is 4.74 Å². The van der Waals surface area contributed by atoms with E-state index < -0.39 is 27.0 Å². The van der Waals surface area contributed by atoms with Crippen molar-refractivity contribution in [1.82, 2.24) is 15.0 Å². The number of rotatable bonds is 6. The zero-order valence-corrected chi connectivity index (χ0v) is 15.8. The minimum Gasteiger partial charge on any atom is -0.477 e. The maximum atomic E-state index is 12.7. The molecule has 0 radical (unpaired) electrons. The van der Waals surface area contributed by atoms with E-state index in [4.69, 9.17) is 4.74 Å². The standard InChI is InChI=1S/C17H19N3O3S2/c1-11-15(18-9-8-16(11)23-12(2)24(3)21)10-25(22)17-19-13-6-4-5-7-14(13)20-17/h4-9,12H,10H2,1-3H3,(H,19,20). The van der Waals surface area contributed by atoms with Gasteiger partial charge in [-0.15, -0.1) is 0 Å². The molecule has 0 aliphatic carbocycles. The summed E-state index contributed by atoms with van der Waals surface area (Å²) in [7, 11) is -2.44. The van der Waals surface area contributed by atoms with E-state index in [2.05, 4.69) is 15.0 Å². The van der Waals surface area contributed by atoms with Gasteiger partial charge in [-0.1, -0.05) is 12.1 Å². The Hall–Kier alpha value is -2.06. The molecule has 2 heterocycles. The van der Waals surface area contributed by atoms with Crippen LogP contribution in [0.3, 0.4) is 0 Å². The molecule has 1 aromatic carbocycles. The molecule has 132 valence electrons. The molecule has 0 fully saturated rings. The largest absolute Gasteiger partial charge is 0.477 e. The van der Waals surface area contributed by atoms with E-state index in [1.165, 1.54) is 0 Å². The molecule has 0 amide bonds. The Kier molecular flexibility index (Phi) is 5.29. The van der Waals surface area contributed by atoms with E-state index in [0.717, 1.165) is 16.6 Å². The first kappa shape index (κ1) is 17.8. The predicted molar refractivity (Wildman–Crippen MR) is 99.3 cm³/mol. The first-order valence-electron chi connectivity index (χ1n) is 7.72. The van der Waals surface area contributed by atoms with E-state index in [-0.39, 0.29) is 5.75 Å². The van der Waals surface area contributed by atoms with Crippen LogP contribution in [0, 0.1) is 6.92 Å². The first-order chi connectivity index (χ1) is 12.0. The molecule has 25 heavy (non-hydrogen) atoms. The summed E-state index contributed by atoms with van der Waals surface area (Å²) >= 11 is 0. The number of imidazole rings is 1. The minimum atomic E-state index is -1.35. The van der Waals surface area contributed by atoms with Gasteiger partial charge in [0.2, 0.25) is 0 Å². The molecule has 3 unspecified atom stereocenters. The fraction of sp³-hybridized carbons (Fsp3) is 0.294. The van der Waals surface area contributed by atoms with Crippen molar-refractivity contribution < 1.29 is 13.2 Å². The number of fused-ring (bicyclic) bond motifs is 1. The van der Waals surface area contributed by atoms with Crippen molar-refractivity contribution in [3.63, 3.8) is 0 Å². The van der Waals surface area contributed by atoms with Gasteiger partial charge >= 0.3 is 0 Å². The predicted octanol–water partition coefficient (Wildman–Crippen LogP) is 2.68. The maximum Gasteiger partial charge on any atom is 0.197 e. The van der Waals surface area contributed by atoms with Crippen LogP contribution in [0.2, 0.25) is 0 Å². The van der Waals surface area contributed by atoms with Gasteiger partial charge in [-0.3, -0.25) is 13.4 Å². The lowest BCUT2D eigenvalue weighted by Crippen LogP contribution is -2.18. The van der Waals surface area contributed by atoms with Crippen LogP contribution in [0.1, 0.15) is 18.2 Å². The van der Waals surface area contributed by atoms with Gasteiger partial charge in [-0.25, -0.2) is 4.98 Å². The topological polar surface area (TPSA) is 84.9 Å². The molecule has 0 aliphatic heterocycles. The molecule has 2 aromatic heterocycles. The SMILES string of the molecule is Cc1c(OC(C)S(C)=O)ccnc1CS(=O)c1nc2ccccc2[nH]1. The summed E-state index contributed by atoms with van der Waals surface area (Å²) in [5.41, 5.74) is 2.68. The molecule has 0 saturated carbocycles. The zero-order valence-electron chi connectivity index (χ0n) is 14.2. The Balaban J connectivity index is 1.82. The number of ether oxygens (including phenoxy) is 1. The molecule has 8 heteroatoms. The quantitative estimate of drug-likeness (QED) is 0.714. The molecule has 3 atom stereocenters. The van der Waals surface area contributed by atoms with Crippen LogP contribution in [0.5, 0.6) is 5.75 Å². The summed E-state index contributed by atoms with van der Waals surface area (Å²) in [6.45, 7) is 3.61. The number of H-pyrrole nitrogens is 1. The minimum absolute atomic E-state index is 0.229. The number of para-hydroxylation sites is 2. The zero-order chi connectivity index (χ0) is 18.0. The van der Waals surface area contributed by atoms with Crippen LogP contribution in [0.4, 0.5) is 0 Å². The highest BCUT2D eigenvalue weighted by molar-refractivity contribution is 7.84. The average molecular weight is 377 g/mol. The van der Waals surface area contributed by atoms with Crippen LogP contribution >= 0.6 is 0 Å². The molecule has 1 N–H and O–H groups in total. The third kappa shape index (κ3) is 3.96. The Bertz CT molecular complexity index is 922. The first-order valence-corrected chi connectivity index (χ1v) is 10.7. The van der Waals surface area contributed by atoms with Crippen molar-refractivity contribution in [3.8, 4) is 5.75 Å². The van der Waals surface area contributed by atoms with Crippen LogP contribution in [-0.4, -0.2) is 35.1 Å². The number of benzene rings is 1. The highest BCUT2D eigenvalue weighted by Gasteiger charge is 2.16. The molecule has 3 aromatic rings. The monoisotopic (exact) mass is 377 g/mol. The second kappa shape index (κ2) is 7.45.